The van der Waals surface area contributed by atoms with Crippen LogP contribution in [0.3, 0.4) is 0 Å². The molecule has 0 N–H and O–H groups in total. The molecule has 5 aromatic carbocycles. The Morgan fingerprint density at radius 3 is 2.07 bits per heavy atom. The van der Waals surface area contributed by atoms with E-state index < -0.39 is 0 Å². The van der Waals surface area contributed by atoms with E-state index in [9.17, 15) is 5.26 Å². The summed E-state index contributed by atoms with van der Waals surface area (Å²) in [5.74, 6) is 0. The molecule has 44 heavy (non-hydrogen) atoms. The Kier molecular flexibility index (Phi) is 4.96. The monoisotopic (exact) mass is 566 g/mol. The molecule has 1 aliphatic rings. The van der Waals surface area contributed by atoms with Crippen molar-refractivity contribution in [2.24, 2.45) is 0 Å². The largest absolute Gasteiger partial charge is 0.454 e. The molecule has 0 amide bonds. The van der Waals surface area contributed by atoms with E-state index in [2.05, 4.69) is 126 Å². The second-order valence-electron chi connectivity index (χ2n) is 12.0. The molecule has 4 heterocycles. The Labute approximate surface area is 253 Å². The number of benzene rings is 5. The van der Waals surface area contributed by atoms with Gasteiger partial charge in [0.15, 0.2) is 11.3 Å². The highest BCUT2D eigenvalue weighted by atomic mass is 16.3. The second kappa shape index (κ2) is 8.82. The van der Waals surface area contributed by atoms with E-state index in [0.717, 1.165) is 66.5 Å². The van der Waals surface area contributed by atoms with Gasteiger partial charge in [0.1, 0.15) is 11.7 Å². The molecular formula is C39H26N4O. The van der Waals surface area contributed by atoms with Crippen LogP contribution >= 0.6 is 0 Å². The average molecular weight is 567 g/mol. The normalized spacial score (nSPS) is 13.8. The van der Waals surface area contributed by atoms with Gasteiger partial charge in [-0.3, -0.25) is 0 Å². The van der Waals surface area contributed by atoms with E-state index >= 15 is 0 Å². The molecule has 5 nitrogen and oxygen atoms in total. The van der Waals surface area contributed by atoms with Crippen molar-refractivity contribution in [2.75, 3.05) is 4.90 Å². The molecule has 0 atom stereocenters. The maximum Gasteiger partial charge on any atom is 0.164 e. The molecule has 208 valence electrons. The smallest absolute Gasteiger partial charge is 0.164 e. The molecule has 0 spiro atoms. The third-order valence-electron chi connectivity index (χ3n) is 9.27. The Morgan fingerprint density at radius 2 is 1.32 bits per heavy atom. The summed E-state index contributed by atoms with van der Waals surface area (Å²) >= 11 is 0. The topological polar surface area (TPSA) is 58.0 Å². The first-order chi connectivity index (χ1) is 21.6. The maximum atomic E-state index is 10.4. The zero-order chi connectivity index (χ0) is 29.6. The van der Waals surface area contributed by atoms with E-state index in [-0.39, 0.29) is 5.41 Å². The van der Waals surface area contributed by atoms with Crippen LogP contribution in [0.15, 0.2) is 126 Å². The third kappa shape index (κ3) is 3.20. The van der Waals surface area contributed by atoms with Gasteiger partial charge in [0.2, 0.25) is 0 Å². The lowest BCUT2D eigenvalue weighted by Gasteiger charge is -2.42. The Morgan fingerprint density at radius 1 is 0.682 bits per heavy atom. The summed E-state index contributed by atoms with van der Waals surface area (Å²) in [6.45, 7) is 4.52. The van der Waals surface area contributed by atoms with Crippen LogP contribution in [0.25, 0.3) is 49.4 Å². The summed E-state index contributed by atoms with van der Waals surface area (Å²) in [4.78, 5) is 7.00. The van der Waals surface area contributed by atoms with E-state index in [1.54, 1.807) is 6.20 Å². The quantitative estimate of drug-likeness (QED) is 0.209. The molecule has 0 fully saturated rings. The third-order valence-corrected chi connectivity index (χ3v) is 9.27. The summed E-state index contributed by atoms with van der Waals surface area (Å²) in [6, 6.07) is 42.4. The molecule has 0 bridgehead atoms. The summed E-state index contributed by atoms with van der Waals surface area (Å²) in [5.41, 5.74) is 9.99. The predicted octanol–water partition coefficient (Wildman–Crippen LogP) is 10.1. The lowest BCUT2D eigenvalue weighted by Crippen LogP contribution is -2.31. The van der Waals surface area contributed by atoms with Gasteiger partial charge in [0, 0.05) is 27.0 Å². The van der Waals surface area contributed by atoms with Gasteiger partial charge in [-0.2, -0.15) is 5.26 Å². The number of rotatable bonds is 2. The van der Waals surface area contributed by atoms with E-state index in [1.807, 2.05) is 18.2 Å². The van der Waals surface area contributed by atoms with Crippen molar-refractivity contribution in [3.8, 4) is 11.8 Å². The van der Waals surface area contributed by atoms with Gasteiger partial charge in [-0.15, -0.1) is 0 Å². The van der Waals surface area contributed by atoms with E-state index in [4.69, 9.17) is 9.40 Å². The fourth-order valence-electron chi connectivity index (χ4n) is 7.25. The number of para-hydroxylation sites is 4. The first-order valence-electron chi connectivity index (χ1n) is 14.8. The molecular weight excluding hydrogens is 540 g/mol. The van der Waals surface area contributed by atoms with Crippen LogP contribution in [0.4, 0.5) is 17.1 Å². The van der Waals surface area contributed by atoms with Crippen molar-refractivity contribution >= 4 is 60.8 Å². The van der Waals surface area contributed by atoms with Gasteiger partial charge in [0.05, 0.1) is 40.0 Å². The number of anilines is 3. The molecule has 1 aliphatic heterocycles. The number of hydrogen-bond acceptors (Lipinski definition) is 4. The number of pyridine rings is 1. The van der Waals surface area contributed by atoms with Crippen LogP contribution in [0.1, 0.15) is 30.7 Å². The van der Waals surface area contributed by atoms with Crippen molar-refractivity contribution in [3.05, 3.63) is 138 Å². The van der Waals surface area contributed by atoms with Crippen molar-refractivity contribution in [1.29, 1.82) is 5.26 Å². The molecule has 0 saturated heterocycles. The molecule has 0 radical (unpaired) electrons. The predicted molar refractivity (Wildman–Crippen MR) is 177 cm³/mol. The van der Waals surface area contributed by atoms with Gasteiger partial charge in [0.25, 0.3) is 0 Å². The number of furan rings is 1. The SMILES string of the molecule is CC1(C)c2ccccc2N(c2cc(-n3c4ccccc4c4ccc5c6ccccc6oc5c43)cnc2C#N)c2ccccc21. The zero-order valence-electron chi connectivity index (χ0n) is 24.2. The molecule has 0 saturated carbocycles. The Hall–Kier alpha value is -5.86. The second-order valence-corrected chi connectivity index (χ2v) is 12.0. The van der Waals surface area contributed by atoms with Crippen molar-refractivity contribution in [2.45, 2.75) is 19.3 Å². The number of hydrogen-bond donors (Lipinski definition) is 0. The van der Waals surface area contributed by atoms with E-state index in [1.165, 1.54) is 11.1 Å². The summed E-state index contributed by atoms with van der Waals surface area (Å²) < 4.78 is 8.80. The Balaban J connectivity index is 1.38. The van der Waals surface area contributed by atoms with Crippen LogP contribution < -0.4 is 4.90 Å². The fraction of sp³-hybridized carbons (Fsp3) is 0.0769. The molecule has 9 rings (SSSR count). The lowest BCUT2D eigenvalue weighted by atomic mass is 9.73. The van der Waals surface area contributed by atoms with Gasteiger partial charge in [-0.25, -0.2) is 4.98 Å². The average Bonchev–Trinajstić information content (AvgIpc) is 3.61. The highest BCUT2D eigenvalue weighted by Crippen LogP contribution is 2.52. The van der Waals surface area contributed by atoms with Gasteiger partial charge in [-0.05, 0) is 47.5 Å². The number of aromatic nitrogens is 2. The molecule has 5 heteroatoms. The lowest BCUT2D eigenvalue weighted by molar-refractivity contribution is 0.632. The van der Waals surface area contributed by atoms with Crippen molar-refractivity contribution in [1.82, 2.24) is 9.55 Å². The van der Waals surface area contributed by atoms with Gasteiger partial charge in [-0.1, -0.05) is 92.7 Å². The highest BCUT2D eigenvalue weighted by Gasteiger charge is 2.37. The Bertz CT molecular complexity index is 2460. The standard InChI is InChI=1S/C39H26N4O/c1-39(2)29-13-5-8-16-33(29)43(34-17-9-6-14-30(34)39)35-21-24(23-41-31(35)22-40)42-32-15-7-3-11-25(32)27-19-20-28-26-12-4-10-18-36(26)44-38(28)37(27)42/h3-21,23H,1-2H3. The number of nitriles is 1. The molecule has 3 aromatic heterocycles. The van der Waals surface area contributed by atoms with Gasteiger partial charge < -0.3 is 13.9 Å². The van der Waals surface area contributed by atoms with Crippen LogP contribution in [-0.2, 0) is 5.41 Å². The molecule has 0 aliphatic carbocycles. The van der Waals surface area contributed by atoms with E-state index in [0.29, 0.717) is 5.69 Å². The molecule has 0 unspecified atom stereocenters. The fourth-order valence-corrected chi connectivity index (χ4v) is 7.25. The first kappa shape index (κ1) is 24.7. The van der Waals surface area contributed by atoms with Crippen LogP contribution in [0.5, 0.6) is 0 Å². The maximum absolute atomic E-state index is 10.4. The van der Waals surface area contributed by atoms with Crippen molar-refractivity contribution in [3.63, 3.8) is 0 Å². The summed E-state index contributed by atoms with van der Waals surface area (Å²) in [7, 11) is 0. The number of fused-ring (bicyclic) bond motifs is 9. The first-order valence-corrected chi connectivity index (χ1v) is 14.8. The molecule has 8 aromatic rings. The van der Waals surface area contributed by atoms with Gasteiger partial charge >= 0.3 is 0 Å². The minimum atomic E-state index is -0.207. The minimum absolute atomic E-state index is 0.207. The minimum Gasteiger partial charge on any atom is -0.454 e. The van der Waals surface area contributed by atoms with Crippen LogP contribution in [0, 0.1) is 11.3 Å². The van der Waals surface area contributed by atoms with Crippen LogP contribution in [0.2, 0.25) is 0 Å². The zero-order valence-corrected chi connectivity index (χ0v) is 24.2. The number of nitrogens with zero attached hydrogens (tertiary/aromatic N) is 4. The summed E-state index contributed by atoms with van der Waals surface area (Å²) in [6.07, 6.45) is 1.81. The summed E-state index contributed by atoms with van der Waals surface area (Å²) in [5, 5.41) is 14.8. The van der Waals surface area contributed by atoms with Crippen molar-refractivity contribution < 1.29 is 4.42 Å². The highest BCUT2D eigenvalue weighted by molar-refractivity contribution is 6.21. The van der Waals surface area contributed by atoms with Crippen LogP contribution in [-0.4, -0.2) is 9.55 Å².